The lowest BCUT2D eigenvalue weighted by molar-refractivity contribution is -0.120. The van der Waals surface area contributed by atoms with Crippen LogP contribution in [0.25, 0.3) is 10.9 Å². The molecule has 3 aliphatic carbocycles. The van der Waals surface area contributed by atoms with E-state index < -0.39 is 0 Å². The van der Waals surface area contributed by atoms with Crippen molar-refractivity contribution in [2.24, 2.45) is 0 Å². The van der Waals surface area contributed by atoms with Gasteiger partial charge in [-0.05, 0) is 36.8 Å². The molecule has 3 nitrogen and oxygen atoms in total. The summed E-state index contributed by atoms with van der Waals surface area (Å²) in [6, 6.07) is 8.96. The molecule has 19 heavy (non-hydrogen) atoms. The van der Waals surface area contributed by atoms with E-state index in [1.54, 1.807) is 0 Å². The Morgan fingerprint density at radius 3 is 3.00 bits per heavy atom. The molecule has 3 atom stereocenters. The lowest BCUT2D eigenvalue weighted by Crippen LogP contribution is -2.43. The fraction of sp³-hybridized carbons (Fsp3) is 0.438. The van der Waals surface area contributed by atoms with Gasteiger partial charge < -0.3 is 9.88 Å². The molecule has 1 N–H and O–H groups in total. The van der Waals surface area contributed by atoms with E-state index in [1.165, 1.54) is 35.0 Å². The Kier molecular flexibility index (Phi) is 2.25. The van der Waals surface area contributed by atoms with Gasteiger partial charge in [0, 0.05) is 35.6 Å². The van der Waals surface area contributed by atoms with Crippen molar-refractivity contribution in [1.82, 2.24) is 9.88 Å². The number of nitrogens with one attached hydrogen (secondary N) is 1. The zero-order chi connectivity index (χ0) is 13.0. The van der Waals surface area contributed by atoms with Crippen LogP contribution in [0.3, 0.4) is 0 Å². The van der Waals surface area contributed by atoms with Crippen LogP contribution in [0.5, 0.6) is 0 Å². The van der Waals surface area contributed by atoms with Gasteiger partial charge in [0.15, 0.2) is 0 Å². The molecule has 98 valence electrons. The topological polar surface area (TPSA) is 36.1 Å². The number of likely N-dealkylation sites (N-methyl/N-ethyl adjacent to an activating group) is 1. The van der Waals surface area contributed by atoms with Crippen molar-refractivity contribution in [2.45, 2.75) is 37.1 Å². The van der Waals surface area contributed by atoms with E-state index in [-0.39, 0.29) is 0 Å². The molecule has 1 aromatic carbocycles. The predicted molar refractivity (Wildman–Crippen MR) is 75.2 cm³/mol. The molecule has 1 saturated carbocycles. The van der Waals surface area contributed by atoms with Gasteiger partial charge in [-0.15, -0.1) is 0 Å². The van der Waals surface area contributed by atoms with Gasteiger partial charge in [-0.1, -0.05) is 18.2 Å². The van der Waals surface area contributed by atoms with Gasteiger partial charge in [-0.2, -0.15) is 0 Å². The number of fused-ring (bicyclic) bond motifs is 3. The monoisotopic (exact) mass is 254 g/mol. The maximum Gasteiger partial charge on any atom is 0.209 e. The van der Waals surface area contributed by atoms with Crippen molar-refractivity contribution < 1.29 is 4.79 Å². The Hall–Kier alpha value is -1.77. The average Bonchev–Trinajstić information content (AvgIpc) is 2.88. The standard InChI is InChI=1S/C16H18N2O/c1-18(9-19)14-8-10-6-7-12(14)16-15(10)11-4-2-3-5-13(11)17-16/h2-5,9-10,12,14,17H,6-8H2,1H3. The van der Waals surface area contributed by atoms with Gasteiger partial charge in [0.25, 0.3) is 0 Å². The van der Waals surface area contributed by atoms with E-state index in [4.69, 9.17) is 0 Å². The Balaban J connectivity index is 1.89. The summed E-state index contributed by atoms with van der Waals surface area (Å²) in [4.78, 5) is 16.6. The number of para-hydroxylation sites is 1. The molecule has 3 aliphatic rings. The highest BCUT2D eigenvalue weighted by molar-refractivity contribution is 5.86. The Labute approximate surface area is 112 Å². The van der Waals surface area contributed by atoms with E-state index in [2.05, 4.69) is 29.2 Å². The van der Waals surface area contributed by atoms with Crippen molar-refractivity contribution in [3.63, 3.8) is 0 Å². The number of carbonyl (C=O) groups excluding carboxylic acids is 1. The summed E-state index contributed by atoms with van der Waals surface area (Å²) in [7, 11) is 1.92. The largest absolute Gasteiger partial charge is 0.358 e. The number of carbonyl (C=O) groups is 1. The molecule has 2 aromatic rings. The van der Waals surface area contributed by atoms with Crippen LogP contribution < -0.4 is 0 Å². The predicted octanol–water partition coefficient (Wildman–Crippen LogP) is 2.99. The van der Waals surface area contributed by atoms with Gasteiger partial charge in [0.2, 0.25) is 6.41 Å². The molecule has 0 spiro atoms. The second-order valence-electron chi connectivity index (χ2n) is 5.95. The van der Waals surface area contributed by atoms with Gasteiger partial charge >= 0.3 is 0 Å². The molecule has 1 heterocycles. The van der Waals surface area contributed by atoms with Crippen molar-refractivity contribution in [1.29, 1.82) is 0 Å². The molecule has 3 unspecified atom stereocenters. The summed E-state index contributed by atoms with van der Waals surface area (Å²) in [5.41, 5.74) is 4.17. The smallest absolute Gasteiger partial charge is 0.209 e. The third-order valence-electron chi connectivity index (χ3n) is 5.06. The Bertz CT molecular complexity index is 645. The van der Waals surface area contributed by atoms with Crippen LogP contribution in [0.4, 0.5) is 0 Å². The third kappa shape index (κ3) is 1.41. The summed E-state index contributed by atoms with van der Waals surface area (Å²) < 4.78 is 0. The molecule has 1 amide bonds. The fourth-order valence-corrected chi connectivity index (χ4v) is 4.19. The quantitative estimate of drug-likeness (QED) is 0.822. The minimum Gasteiger partial charge on any atom is -0.358 e. The van der Waals surface area contributed by atoms with E-state index in [1.807, 2.05) is 11.9 Å². The first kappa shape index (κ1) is 11.1. The number of hydrogen-bond donors (Lipinski definition) is 1. The summed E-state index contributed by atoms with van der Waals surface area (Å²) in [6.07, 6.45) is 4.57. The SMILES string of the molecule is CN(C=O)C1CC2CCC1c1[nH]c3ccccc3c12. The molecular weight excluding hydrogens is 236 g/mol. The molecule has 5 rings (SSSR count). The van der Waals surface area contributed by atoms with Crippen LogP contribution in [0.15, 0.2) is 24.3 Å². The first-order valence-corrected chi connectivity index (χ1v) is 7.07. The molecule has 0 saturated heterocycles. The fourth-order valence-electron chi connectivity index (χ4n) is 4.19. The molecule has 2 bridgehead atoms. The summed E-state index contributed by atoms with van der Waals surface area (Å²) in [5, 5.41) is 1.39. The van der Waals surface area contributed by atoms with Gasteiger partial charge in [-0.25, -0.2) is 0 Å². The summed E-state index contributed by atoms with van der Waals surface area (Å²) in [5.74, 6) is 1.10. The van der Waals surface area contributed by atoms with Crippen molar-refractivity contribution in [3.8, 4) is 0 Å². The highest BCUT2D eigenvalue weighted by Gasteiger charge is 2.43. The first-order valence-electron chi connectivity index (χ1n) is 7.07. The lowest BCUT2D eigenvalue weighted by Gasteiger charge is -2.45. The number of aromatic amines is 1. The molecule has 3 heteroatoms. The highest BCUT2D eigenvalue weighted by atomic mass is 16.1. The average molecular weight is 254 g/mol. The van der Waals surface area contributed by atoms with Crippen molar-refractivity contribution in [2.75, 3.05) is 7.05 Å². The van der Waals surface area contributed by atoms with Crippen LogP contribution in [0.1, 0.15) is 42.4 Å². The lowest BCUT2D eigenvalue weighted by atomic mass is 9.66. The summed E-state index contributed by atoms with van der Waals surface area (Å²) >= 11 is 0. The molecule has 1 aromatic heterocycles. The number of benzene rings is 1. The second kappa shape index (κ2) is 3.86. The van der Waals surface area contributed by atoms with Crippen LogP contribution in [-0.2, 0) is 4.79 Å². The van der Waals surface area contributed by atoms with Gasteiger partial charge in [0.05, 0.1) is 0 Å². The normalized spacial score (nSPS) is 28.4. The van der Waals surface area contributed by atoms with Gasteiger partial charge in [-0.3, -0.25) is 4.79 Å². The van der Waals surface area contributed by atoms with Gasteiger partial charge in [0.1, 0.15) is 0 Å². The van der Waals surface area contributed by atoms with E-state index in [9.17, 15) is 4.79 Å². The Morgan fingerprint density at radius 2 is 2.16 bits per heavy atom. The molecule has 0 radical (unpaired) electrons. The van der Waals surface area contributed by atoms with E-state index >= 15 is 0 Å². The van der Waals surface area contributed by atoms with Crippen LogP contribution in [0, 0.1) is 0 Å². The van der Waals surface area contributed by atoms with E-state index in [0.29, 0.717) is 17.9 Å². The minimum absolute atomic E-state index is 0.372. The summed E-state index contributed by atoms with van der Waals surface area (Å²) in [6.45, 7) is 0. The number of hydrogen-bond acceptors (Lipinski definition) is 1. The van der Waals surface area contributed by atoms with Crippen LogP contribution in [0.2, 0.25) is 0 Å². The van der Waals surface area contributed by atoms with Crippen molar-refractivity contribution >= 4 is 17.3 Å². The molecule has 0 aliphatic heterocycles. The number of amides is 1. The van der Waals surface area contributed by atoms with Crippen LogP contribution in [-0.4, -0.2) is 29.4 Å². The zero-order valence-corrected chi connectivity index (χ0v) is 11.1. The third-order valence-corrected chi connectivity index (χ3v) is 5.06. The number of nitrogens with zero attached hydrogens (tertiary/aromatic N) is 1. The molecular formula is C16H18N2O. The maximum absolute atomic E-state index is 11.1. The van der Waals surface area contributed by atoms with E-state index in [0.717, 1.165) is 12.8 Å². The number of aromatic nitrogens is 1. The molecule has 1 fully saturated rings. The Morgan fingerprint density at radius 1 is 1.32 bits per heavy atom. The zero-order valence-electron chi connectivity index (χ0n) is 11.1. The highest BCUT2D eigenvalue weighted by Crippen LogP contribution is 2.52. The maximum atomic E-state index is 11.1. The van der Waals surface area contributed by atoms with Crippen molar-refractivity contribution in [3.05, 3.63) is 35.5 Å². The minimum atomic E-state index is 0.372. The first-order chi connectivity index (χ1) is 9.29. The van der Waals surface area contributed by atoms with Crippen LogP contribution >= 0.6 is 0 Å². The number of rotatable bonds is 2. The number of H-pyrrole nitrogens is 1. The second-order valence-corrected chi connectivity index (χ2v) is 5.95.